The predicted octanol–water partition coefficient (Wildman–Crippen LogP) is 3.41. The second-order valence-corrected chi connectivity index (χ2v) is 5.10. The van der Waals surface area contributed by atoms with Crippen LogP contribution in [-0.2, 0) is 6.54 Å². The molecule has 1 aromatic carbocycles. The van der Waals surface area contributed by atoms with Crippen LogP contribution in [-0.4, -0.2) is 45.8 Å². The zero-order valence-electron chi connectivity index (χ0n) is 13.2. The second-order valence-electron chi connectivity index (χ2n) is 4.69. The van der Waals surface area contributed by atoms with Crippen LogP contribution in [0.4, 0.5) is 0 Å². The minimum Gasteiger partial charge on any atom is -0.493 e. The fourth-order valence-electron chi connectivity index (χ4n) is 1.69. The summed E-state index contributed by atoms with van der Waals surface area (Å²) in [5.41, 5.74) is 1.07. The summed E-state index contributed by atoms with van der Waals surface area (Å²) in [6, 6.07) is 3.83. The third-order valence-corrected chi connectivity index (χ3v) is 2.98. The molecule has 0 heterocycles. The number of benzene rings is 1. The van der Waals surface area contributed by atoms with Gasteiger partial charge < -0.3 is 19.7 Å². The number of methoxy groups -OCH3 is 1. The molecule has 0 radical (unpaired) electrons. The largest absolute Gasteiger partial charge is 0.493 e. The maximum atomic E-state index is 6.24. The van der Waals surface area contributed by atoms with Crippen molar-refractivity contribution in [3.63, 3.8) is 0 Å². The van der Waals surface area contributed by atoms with E-state index in [0.717, 1.165) is 25.2 Å². The van der Waals surface area contributed by atoms with Crippen LogP contribution < -0.4 is 14.8 Å². The molecule has 0 aliphatic heterocycles. The van der Waals surface area contributed by atoms with Crippen LogP contribution in [0, 0.1) is 0 Å². The molecule has 1 rings (SSSR count). The lowest BCUT2D eigenvalue weighted by atomic mass is 10.2. The van der Waals surface area contributed by atoms with Crippen LogP contribution in [0.5, 0.6) is 11.5 Å². The molecule has 0 amide bonds. The van der Waals surface area contributed by atoms with Crippen molar-refractivity contribution in [1.29, 1.82) is 0 Å². The molecule has 4 nitrogen and oxygen atoms in total. The van der Waals surface area contributed by atoms with Crippen LogP contribution in [0.3, 0.4) is 0 Å². The Labute approximate surface area is 150 Å². The van der Waals surface area contributed by atoms with E-state index in [2.05, 4.69) is 16.8 Å². The van der Waals surface area contributed by atoms with E-state index >= 15 is 0 Å². The molecule has 7 heteroatoms. The molecule has 0 saturated carbocycles. The lowest BCUT2D eigenvalue weighted by molar-refractivity contribution is 0.326. The highest BCUT2D eigenvalue weighted by atomic mass is 35.5. The molecule has 0 aliphatic carbocycles. The molecular weight excluding hydrogens is 347 g/mol. The molecule has 128 valence electrons. The zero-order chi connectivity index (χ0) is 15.0. The number of hydrogen-bond donors (Lipinski definition) is 1. The van der Waals surface area contributed by atoms with Crippen LogP contribution in [0.2, 0.25) is 5.02 Å². The van der Waals surface area contributed by atoms with E-state index in [9.17, 15) is 0 Å². The highest BCUT2D eigenvalue weighted by Gasteiger charge is 2.11. The lowest BCUT2D eigenvalue weighted by Crippen LogP contribution is -2.26. The molecule has 0 aromatic heterocycles. The summed E-state index contributed by atoms with van der Waals surface area (Å²) in [5.74, 6) is 1.20. The Morgan fingerprint density at radius 3 is 2.55 bits per heavy atom. The first-order chi connectivity index (χ1) is 9.58. The van der Waals surface area contributed by atoms with E-state index in [1.807, 2.05) is 26.2 Å². The quantitative estimate of drug-likeness (QED) is 0.533. The summed E-state index contributed by atoms with van der Waals surface area (Å²) in [6.07, 6.45) is 1.67. The Balaban J connectivity index is 0. The topological polar surface area (TPSA) is 33.7 Å². The maximum absolute atomic E-state index is 6.24. The summed E-state index contributed by atoms with van der Waals surface area (Å²) in [7, 11) is 5.70. The standard InChI is InChI=1S/C15H23ClN2O2.2ClH/c1-5-8-20-15-13(16)9-12(10-14(15)19-4)11-17-6-7-18(2)3;;/h5,9-10,17H,1,6-8,11H2,2-4H3;2*1H. The maximum Gasteiger partial charge on any atom is 0.180 e. The van der Waals surface area contributed by atoms with Crippen molar-refractivity contribution >= 4 is 36.4 Å². The van der Waals surface area contributed by atoms with Gasteiger partial charge in [0.25, 0.3) is 0 Å². The Hall–Kier alpha value is -0.650. The molecule has 0 saturated heterocycles. The highest BCUT2D eigenvalue weighted by molar-refractivity contribution is 6.32. The molecule has 0 aliphatic rings. The van der Waals surface area contributed by atoms with E-state index in [0.29, 0.717) is 23.1 Å². The van der Waals surface area contributed by atoms with Gasteiger partial charge in [0, 0.05) is 19.6 Å². The van der Waals surface area contributed by atoms with Crippen molar-refractivity contribution in [2.24, 2.45) is 0 Å². The summed E-state index contributed by atoms with van der Waals surface area (Å²) in [6.45, 7) is 6.67. The van der Waals surface area contributed by atoms with E-state index in [-0.39, 0.29) is 24.8 Å². The lowest BCUT2D eigenvalue weighted by Gasteiger charge is -2.14. The molecule has 0 unspecified atom stereocenters. The van der Waals surface area contributed by atoms with Crippen molar-refractivity contribution < 1.29 is 9.47 Å². The zero-order valence-corrected chi connectivity index (χ0v) is 15.6. The smallest absolute Gasteiger partial charge is 0.180 e. The van der Waals surface area contributed by atoms with Crippen LogP contribution in [0.15, 0.2) is 24.8 Å². The first-order valence-electron chi connectivity index (χ1n) is 6.54. The van der Waals surface area contributed by atoms with Crippen molar-refractivity contribution in [3.8, 4) is 11.5 Å². The number of rotatable bonds is 9. The number of hydrogen-bond acceptors (Lipinski definition) is 4. The number of nitrogens with zero attached hydrogens (tertiary/aromatic N) is 1. The summed E-state index contributed by atoms with van der Waals surface area (Å²) in [4.78, 5) is 2.13. The first-order valence-corrected chi connectivity index (χ1v) is 6.91. The molecule has 1 N–H and O–H groups in total. The van der Waals surface area contributed by atoms with Crippen LogP contribution >= 0.6 is 36.4 Å². The molecule has 0 fully saturated rings. The number of likely N-dealkylation sites (N-methyl/N-ethyl adjacent to an activating group) is 1. The van der Waals surface area contributed by atoms with E-state index in [1.165, 1.54) is 0 Å². The van der Waals surface area contributed by atoms with Gasteiger partial charge >= 0.3 is 0 Å². The van der Waals surface area contributed by atoms with Crippen molar-refractivity contribution in [2.45, 2.75) is 6.54 Å². The highest BCUT2D eigenvalue weighted by Crippen LogP contribution is 2.36. The van der Waals surface area contributed by atoms with E-state index in [4.69, 9.17) is 21.1 Å². The summed E-state index contributed by atoms with van der Waals surface area (Å²) >= 11 is 6.24. The first kappa shape index (κ1) is 23.6. The Morgan fingerprint density at radius 1 is 1.32 bits per heavy atom. The average Bonchev–Trinajstić information content (AvgIpc) is 2.41. The molecule has 0 bridgehead atoms. The van der Waals surface area contributed by atoms with Gasteiger partial charge in [-0.15, -0.1) is 24.8 Å². The fraction of sp³-hybridized carbons (Fsp3) is 0.467. The number of ether oxygens (including phenoxy) is 2. The molecule has 0 atom stereocenters. The molecule has 0 spiro atoms. The monoisotopic (exact) mass is 370 g/mol. The van der Waals surface area contributed by atoms with Gasteiger partial charge in [-0.3, -0.25) is 0 Å². The van der Waals surface area contributed by atoms with Crippen LogP contribution in [0.1, 0.15) is 5.56 Å². The molecular formula is C15H25Cl3N2O2. The third-order valence-electron chi connectivity index (χ3n) is 2.70. The summed E-state index contributed by atoms with van der Waals surface area (Å²) in [5, 5.41) is 3.91. The van der Waals surface area contributed by atoms with Gasteiger partial charge in [-0.2, -0.15) is 0 Å². The minimum atomic E-state index is 0. The minimum absolute atomic E-state index is 0. The predicted molar refractivity (Wildman–Crippen MR) is 98.5 cm³/mol. The molecule has 22 heavy (non-hydrogen) atoms. The number of halogens is 3. The van der Waals surface area contributed by atoms with Crippen molar-refractivity contribution in [1.82, 2.24) is 10.2 Å². The third kappa shape index (κ3) is 8.11. The van der Waals surface area contributed by atoms with Gasteiger partial charge in [0.05, 0.1) is 12.1 Å². The van der Waals surface area contributed by atoms with Crippen LogP contribution in [0.25, 0.3) is 0 Å². The Kier molecular flexibility index (Phi) is 13.8. The van der Waals surface area contributed by atoms with Gasteiger partial charge in [0.2, 0.25) is 0 Å². The number of nitrogens with one attached hydrogen (secondary N) is 1. The summed E-state index contributed by atoms with van der Waals surface area (Å²) < 4.78 is 10.8. The second kappa shape index (κ2) is 12.9. The van der Waals surface area contributed by atoms with Crippen molar-refractivity contribution in [3.05, 3.63) is 35.4 Å². The average molecular weight is 372 g/mol. The van der Waals surface area contributed by atoms with Gasteiger partial charge in [0.1, 0.15) is 6.61 Å². The Bertz CT molecular complexity index is 443. The van der Waals surface area contributed by atoms with Gasteiger partial charge in [-0.1, -0.05) is 24.3 Å². The Morgan fingerprint density at radius 2 is 2.00 bits per heavy atom. The van der Waals surface area contributed by atoms with E-state index < -0.39 is 0 Å². The molecule has 1 aromatic rings. The van der Waals surface area contributed by atoms with Crippen molar-refractivity contribution in [2.75, 3.05) is 40.9 Å². The van der Waals surface area contributed by atoms with Gasteiger partial charge in [-0.05, 0) is 31.8 Å². The fourth-order valence-corrected chi connectivity index (χ4v) is 1.98. The van der Waals surface area contributed by atoms with E-state index in [1.54, 1.807) is 13.2 Å². The van der Waals surface area contributed by atoms with Gasteiger partial charge in [-0.25, -0.2) is 0 Å². The SMILES string of the molecule is C=CCOc1c(Cl)cc(CNCCN(C)C)cc1OC.Cl.Cl. The normalized spacial score (nSPS) is 9.68. The van der Waals surface area contributed by atoms with Gasteiger partial charge in [0.15, 0.2) is 11.5 Å².